The van der Waals surface area contributed by atoms with E-state index in [-0.39, 0.29) is 16.3 Å². The minimum Gasteiger partial charge on any atom is -0.379 e. The molecule has 0 amide bonds. The van der Waals surface area contributed by atoms with Gasteiger partial charge in [0, 0.05) is 23.3 Å². The van der Waals surface area contributed by atoms with E-state index in [9.17, 15) is 18.5 Å². The summed E-state index contributed by atoms with van der Waals surface area (Å²) in [6.45, 7) is 0.484. The predicted octanol–water partition coefficient (Wildman–Crippen LogP) is 3.18. The summed E-state index contributed by atoms with van der Waals surface area (Å²) >= 11 is 0. The van der Waals surface area contributed by atoms with Gasteiger partial charge in [-0.25, -0.2) is 8.42 Å². The largest absolute Gasteiger partial charge is 0.379 e. The number of rotatable bonds is 6. The van der Waals surface area contributed by atoms with Crippen molar-refractivity contribution in [2.24, 2.45) is 0 Å². The number of nitro groups is 1. The summed E-state index contributed by atoms with van der Waals surface area (Å²) in [4.78, 5) is 10.1. The molecule has 2 aromatic rings. The monoisotopic (exact) mass is 340 g/mol. The second-order valence-electron chi connectivity index (χ2n) is 4.54. The highest BCUT2D eigenvalue weighted by atomic mass is 35.7. The first-order valence-electron chi connectivity index (χ1n) is 6.39. The van der Waals surface area contributed by atoms with Gasteiger partial charge in [-0.1, -0.05) is 30.3 Å². The molecule has 0 spiro atoms. The molecule has 2 aromatic carbocycles. The number of hydrogen-bond acceptors (Lipinski definition) is 5. The highest BCUT2D eigenvalue weighted by Gasteiger charge is 2.19. The number of halogens is 1. The fourth-order valence-corrected chi connectivity index (χ4v) is 2.72. The van der Waals surface area contributed by atoms with Crippen LogP contribution in [-0.2, 0) is 15.5 Å². The van der Waals surface area contributed by atoms with Crippen molar-refractivity contribution in [2.45, 2.75) is 11.3 Å². The molecule has 0 aliphatic rings. The molecule has 0 fully saturated rings. The van der Waals surface area contributed by atoms with Crippen LogP contribution in [0.15, 0.2) is 53.4 Å². The van der Waals surface area contributed by atoms with Crippen LogP contribution in [0.25, 0.3) is 0 Å². The predicted molar refractivity (Wildman–Crippen MR) is 84.8 cm³/mol. The third kappa shape index (κ3) is 4.19. The van der Waals surface area contributed by atoms with Crippen LogP contribution >= 0.6 is 10.7 Å². The second-order valence-corrected chi connectivity index (χ2v) is 7.10. The van der Waals surface area contributed by atoms with Crippen molar-refractivity contribution < 1.29 is 13.3 Å². The second kappa shape index (κ2) is 6.76. The lowest BCUT2D eigenvalue weighted by Gasteiger charge is -2.08. The van der Waals surface area contributed by atoms with Gasteiger partial charge in [-0.2, -0.15) is 0 Å². The SMILES string of the molecule is O=[N+]([O-])c1cc(S(=O)(=O)Cl)ccc1NCCc1ccccc1. The maximum atomic E-state index is 11.2. The molecular weight excluding hydrogens is 328 g/mol. The van der Waals surface area contributed by atoms with Crippen molar-refractivity contribution in [2.75, 3.05) is 11.9 Å². The van der Waals surface area contributed by atoms with Gasteiger partial charge in [0.2, 0.25) is 0 Å². The molecule has 0 atom stereocenters. The quantitative estimate of drug-likeness (QED) is 0.495. The highest BCUT2D eigenvalue weighted by Crippen LogP contribution is 2.28. The lowest BCUT2D eigenvalue weighted by molar-refractivity contribution is -0.384. The van der Waals surface area contributed by atoms with Gasteiger partial charge < -0.3 is 5.32 Å². The van der Waals surface area contributed by atoms with Gasteiger partial charge in [-0.15, -0.1) is 0 Å². The number of anilines is 1. The fraction of sp³-hybridized carbons (Fsp3) is 0.143. The summed E-state index contributed by atoms with van der Waals surface area (Å²) in [7, 11) is 1.20. The molecule has 0 aliphatic carbocycles. The molecule has 0 aromatic heterocycles. The van der Waals surface area contributed by atoms with Crippen LogP contribution in [0.4, 0.5) is 11.4 Å². The zero-order valence-electron chi connectivity index (χ0n) is 11.4. The van der Waals surface area contributed by atoms with Crippen LogP contribution in [0, 0.1) is 10.1 Å². The van der Waals surface area contributed by atoms with Crippen molar-refractivity contribution in [3.05, 3.63) is 64.2 Å². The smallest absolute Gasteiger partial charge is 0.293 e. The Morgan fingerprint density at radius 3 is 2.41 bits per heavy atom. The molecule has 0 bridgehead atoms. The number of benzene rings is 2. The minimum atomic E-state index is -4.00. The van der Waals surface area contributed by atoms with Crippen molar-refractivity contribution in [3.63, 3.8) is 0 Å². The van der Waals surface area contributed by atoms with Gasteiger partial charge in [0.25, 0.3) is 14.7 Å². The Kier molecular flexibility index (Phi) is 4.99. The third-order valence-electron chi connectivity index (χ3n) is 3.02. The van der Waals surface area contributed by atoms with Crippen molar-refractivity contribution >= 4 is 31.1 Å². The first-order valence-corrected chi connectivity index (χ1v) is 8.70. The van der Waals surface area contributed by atoms with E-state index >= 15 is 0 Å². The molecule has 0 heterocycles. The molecule has 22 heavy (non-hydrogen) atoms. The zero-order valence-corrected chi connectivity index (χ0v) is 13.0. The van der Waals surface area contributed by atoms with Crippen molar-refractivity contribution in [1.29, 1.82) is 0 Å². The Balaban J connectivity index is 2.15. The summed E-state index contributed by atoms with van der Waals surface area (Å²) in [5.74, 6) is 0. The van der Waals surface area contributed by atoms with Gasteiger partial charge >= 0.3 is 0 Å². The molecule has 0 saturated carbocycles. The molecule has 0 saturated heterocycles. The van der Waals surface area contributed by atoms with Crippen LogP contribution < -0.4 is 5.32 Å². The van der Waals surface area contributed by atoms with Crippen molar-refractivity contribution in [1.82, 2.24) is 0 Å². The lowest BCUT2D eigenvalue weighted by Crippen LogP contribution is -2.07. The summed E-state index contributed by atoms with van der Waals surface area (Å²) in [5.41, 5.74) is 1.03. The topological polar surface area (TPSA) is 89.3 Å². The Labute approximate surface area is 132 Å². The molecule has 0 radical (unpaired) electrons. The Morgan fingerprint density at radius 1 is 1.14 bits per heavy atom. The highest BCUT2D eigenvalue weighted by molar-refractivity contribution is 8.13. The van der Waals surface area contributed by atoms with Gasteiger partial charge in [-0.05, 0) is 24.1 Å². The van der Waals surface area contributed by atoms with E-state index in [1.54, 1.807) is 0 Å². The first-order chi connectivity index (χ1) is 10.4. The standard InChI is InChI=1S/C14H13ClN2O4S/c15-22(20,21)12-6-7-13(14(10-12)17(18)19)16-9-8-11-4-2-1-3-5-11/h1-7,10,16H,8-9H2. The molecule has 8 heteroatoms. The van der Waals surface area contributed by atoms with Crippen LogP contribution in [0.3, 0.4) is 0 Å². The number of nitrogens with zero attached hydrogens (tertiary/aromatic N) is 1. The summed E-state index contributed by atoms with van der Waals surface area (Å²) in [6, 6.07) is 13.2. The number of nitro benzene ring substituents is 1. The van der Waals surface area contributed by atoms with Crippen LogP contribution in [0.1, 0.15) is 5.56 Å². The van der Waals surface area contributed by atoms with E-state index in [4.69, 9.17) is 10.7 Å². The summed E-state index contributed by atoms with van der Waals surface area (Å²) < 4.78 is 22.5. The van der Waals surface area contributed by atoms with Crippen LogP contribution in [0.5, 0.6) is 0 Å². The normalized spacial score (nSPS) is 11.1. The summed E-state index contributed by atoms with van der Waals surface area (Å²) in [6.07, 6.45) is 0.688. The van der Waals surface area contributed by atoms with Gasteiger partial charge in [-0.3, -0.25) is 10.1 Å². The van der Waals surface area contributed by atoms with Gasteiger partial charge in [0.15, 0.2) is 0 Å². The van der Waals surface area contributed by atoms with E-state index in [2.05, 4.69) is 5.32 Å². The molecular formula is C14H13ClN2O4S. The molecule has 0 aliphatic heterocycles. The molecule has 1 N–H and O–H groups in total. The molecule has 116 valence electrons. The van der Waals surface area contributed by atoms with Crippen LogP contribution in [0.2, 0.25) is 0 Å². The van der Waals surface area contributed by atoms with E-state index in [0.717, 1.165) is 11.6 Å². The van der Waals surface area contributed by atoms with E-state index in [0.29, 0.717) is 13.0 Å². The van der Waals surface area contributed by atoms with E-state index < -0.39 is 14.0 Å². The third-order valence-corrected chi connectivity index (χ3v) is 4.37. The average molecular weight is 341 g/mol. The summed E-state index contributed by atoms with van der Waals surface area (Å²) in [5, 5.41) is 14.0. The molecule has 2 rings (SSSR count). The molecule has 0 unspecified atom stereocenters. The number of hydrogen-bond donors (Lipinski definition) is 1. The average Bonchev–Trinajstić information content (AvgIpc) is 2.47. The van der Waals surface area contributed by atoms with E-state index in [1.165, 1.54) is 12.1 Å². The minimum absolute atomic E-state index is 0.255. The maximum Gasteiger partial charge on any atom is 0.293 e. The first kappa shape index (κ1) is 16.3. The zero-order chi connectivity index (χ0) is 16.2. The molecule has 6 nitrogen and oxygen atoms in total. The Hall–Kier alpha value is -2.12. The van der Waals surface area contributed by atoms with Crippen molar-refractivity contribution in [3.8, 4) is 0 Å². The number of nitrogens with one attached hydrogen (secondary N) is 1. The Bertz CT molecular complexity index is 779. The Morgan fingerprint density at radius 2 is 1.82 bits per heavy atom. The van der Waals surface area contributed by atoms with Crippen LogP contribution in [-0.4, -0.2) is 19.9 Å². The van der Waals surface area contributed by atoms with Gasteiger partial charge in [0.1, 0.15) is 5.69 Å². The lowest BCUT2D eigenvalue weighted by atomic mass is 10.1. The van der Waals surface area contributed by atoms with Gasteiger partial charge in [0.05, 0.1) is 9.82 Å². The van der Waals surface area contributed by atoms with E-state index in [1.807, 2.05) is 30.3 Å². The maximum absolute atomic E-state index is 11.2. The fourth-order valence-electron chi connectivity index (χ4n) is 1.95.